The van der Waals surface area contributed by atoms with Gasteiger partial charge in [-0.05, 0) is 18.9 Å². The first-order valence-corrected chi connectivity index (χ1v) is 8.05. The molecular formula is C17H19NO3S. The molecule has 0 spiro atoms. The largest absolute Gasteiger partial charge is 0.462 e. The van der Waals surface area contributed by atoms with E-state index in [4.69, 9.17) is 4.74 Å². The summed E-state index contributed by atoms with van der Waals surface area (Å²) in [6.07, 6.45) is 0.779. The second kappa shape index (κ2) is 7.22. The lowest BCUT2D eigenvalue weighted by atomic mass is 10.0. The fraction of sp³-hybridized carbons (Fsp3) is 0.294. The number of hydrogen-bond acceptors (Lipinski definition) is 4. The molecule has 2 aromatic rings. The van der Waals surface area contributed by atoms with E-state index in [9.17, 15) is 9.59 Å². The molecule has 4 nitrogen and oxygen atoms in total. The van der Waals surface area contributed by atoms with E-state index < -0.39 is 5.97 Å². The molecule has 0 atom stereocenters. The molecule has 1 aromatic heterocycles. The van der Waals surface area contributed by atoms with Gasteiger partial charge in [-0.15, -0.1) is 11.3 Å². The Morgan fingerprint density at radius 3 is 2.41 bits per heavy atom. The summed E-state index contributed by atoms with van der Waals surface area (Å²) in [6, 6.07) is 9.71. The van der Waals surface area contributed by atoms with E-state index in [2.05, 4.69) is 5.32 Å². The highest BCUT2D eigenvalue weighted by molar-refractivity contribution is 7.17. The van der Waals surface area contributed by atoms with Crippen molar-refractivity contribution in [2.45, 2.75) is 27.2 Å². The van der Waals surface area contributed by atoms with Gasteiger partial charge in [0, 0.05) is 17.4 Å². The van der Waals surface area contributed by atoms with Crippen LogP contribution < -0.4 is 5.32 Å². The monoisotopic (exact) mass is 317 g/mol. The maximum Gasteiger partial charge on any atom is 0.341 e. The van der Waals surface area contributed by atoms with Gasteiger partial charge in [0.05, 0.1) is 6.61 Å². The highest BCUT2D eigenvalue weighted by Gasteiger charge is 2.25. The van der Waals surface area contributed by atoms with Crippen LogP contribution >= 0.6 is 11.3 Å². The van der Waals surface area contributed by atoms with Crippen LogP contribution in [0.1, 0.15) is 36.0 Å². The average molecular weight is 317 g/mol. The molecule has 1 N–H and O–H groups in total. The molecule has 0 aliphatic rings. The zero-order chi connectivity index (χ0) is 16.1. The van der Waals surface area contributed by atoms with Crippen molar-refractivity contribution in [3.8, 4) is 11.1 Å². The van der Waals surface area contributed by atoms with Crippen LogP contribution in [-0.4, -0.2) is 18.5 Å². The van der Waals surface area contributed by atoms with Gasteiger partial charge in [0.1, 0.15) is 10.6 Å². The van der Waals surface area contributed by atoms with Gasteiger partial charge in [-0.2, -0.15) is 0 Å². The van der Waals surface area contributed by atoms with Crippen molar-refractivity contribution in [1.29, 1.82) is 0 Å². The number of benzene rings is 1. The third-order valence-electron chi connectivity index (χ3n) is 3.13. The van der Waals surface area contributed by atoms with Crippen LogP contribution in [0.25, 0.3) is 11.1 Å². The Kier molecular flexibility index (Phi) is 5.33. The van der Waals surface area contributed by atoms with Crippen LogP contribution in [0.15, 0.2) is 30.3 Å². The molecule has 0 bridgehead atoms. The standard InChI is InChI=1S/C17H19NO3S/c1-4-13-14(12-9-7-6-8-10-12)15(17(20)21-5-2)16(22-13)18-11(3)19/h6-10H,4-5H2,1-3H3,(H,18,19). The number of esters is 1. The highest BCUT2D eigenvalue weighted by Crippen LogP contribution is 2.41. The van der Waals surface area contributed by atoms with Crippen molar-refractivity contribution < 1.29 is 14.3 Å². The van der Waals surface area contributed by atoms with E-state index in [0.717, 1.165) is 22.4 Å². The number of anilines is 1. The zero-order valence-electron chi connectivity index (χ0n) is 12.9. The van der Waals surface area contributed by atoms with E-state index in [0.29, 0.717) is 17.2 Å². The molecule has 0 fully saturated rings. The van der Waals surface area contributed by atoms with Crippen molar-refractivity contribution in [3.05, 3.63) is 40.8 Å². The predicted octanol–water partition coefficient (Wildman–Crippen LogP) is 4.11. The van der Waals surface area contributed by atoms with Crippen LogP contribution in [0, 0.1) is 0 Å². The first kappa shape index (κ1) is 16.2. The smallest absolute Gasteiger partial charge is 0.341 e. The number of carbonyl (C=O) groups is 2. The van der Waals surface area contributed by atoms with E-state index in [-0.39, 0.29) is 5.91 Å². The van der Waals surface area contributed by atoms with Crippen LogP contribution in [0.2, 0.25) is 0 Å². The Morgan fingerprint density at radius 1 is 1.18 bits per heavy atom. The normalized spacial score (nSPS) is 10.3. The number of rotatable bonds is 5. The number of thiophene rings is 1. The topological polar surface area (TPSA) is 55.4 Å². The van der Waals surface area contributed by atoms with E-state index in [1.54, 1.807) is 6.92 Å². The van der Waals surface area contributed by atoms with E-state index >= 15 is 0 Å². The van der Waals surface area contributed by atoms with Crippen LogP contribution in [-0.2, 0) is 16.0 Å². The van der Waals surface area contributed by atoms with Gasteiger partial charge in [-0.1, -0.05) is 37.3 Å². The van der Waals surface area contributed by atoms with Gasteiger partial charge in [-0.3, -0.25) is 4.79 Å². The maximum absolute atomic E-state index is 12.4. The van der Waals surface area contributed by atoms with Gasteiger partial charge in [0.15, 0.2) is 0 Å². The Hall–Kier alpha value is -2.14. The van der Waals surface area contributed by atoms with Gasteiger partial charge in [0.25, 0.3) is 0 Å². The molecule has 0 saturated heterocycles. The van der Waals surface area contributed by atoms with E-state index in [1.807, 2.05) is 37.3 Å². The molecule has 116 valence electrons. The lowest BCUT2D eigenvalue weighted by molar-refractivity contribution is -0.114. The van der Waals surface area contributed by atoms with Crippen LogP contribution in [0.5, 0.6) is 0 Å². The molecule has 1 heterocycles. The summed E-state index contributed by atoms with van der Waals surface area (Å²) in [7, 11) is 0. The van der Waals surface area contributed by atoms with Gasteiger partial charge in [0.2, 0.25) is 5.91 Å². The maximum atomic E-state index is 12.4. The number of nitrogens with one attached hydrogen (secondary N) is 1. The Labute approximate surface area is 134 Å². The number of amides is 1. The number of aryl methyl sites for hydroxylation is 1. The summed E-state index contributed by atoms with van der Waals surface area (Å²) in [5.74, 6) is -0.602. The highest BCUT2D eigenvalue weighted by atomic mass is 32.1. The lowest BCUT2D eigenvalue weighted by Gasteiger charge is -2.08. The first-order chi connectivity index (χ1) is 10.6. The summed E-state index contributed by atoms with van der Waals surface area (Å²) in [4.78, 5) is 24.9. The van der Waals surface area contributed by atoms with Crippen LogP contribution in [0.3, 0.4) is 0 Å². The second-order valence-electron chi connectivity index (χ2n) is 4.73. The van der Waals surface area contributed by atoms with Gasteiger partial charge < -0.3 is 10.1 Å². The summed E-state index contributed by atoms with van der Waals surface area (Å²) in [6.45, 7) is 5.53. The van der Waals surface area contributed by atoms with E-state index in [1.165, 1.54) is 18.3 Å². The summed E-state index contributed by atoms with van der Waals surface area (Å²) >= 11 is 1.43. The van der Waals surface area contributed by atoms with Crippen molar-refractivity contribution in [3.63, 3.8) is 0 Å². The van der Waals surface area contributed by atoms with Crippen molar-refractivity contribution in [1.82, 2.24) is 0 Å². The molecule has 0 aliphatic carbocycles. The molecule has 0 aliphatic heterocycles. The SMILES string of the molecule is CCOC(=O)c1c(NC(C)=O)sc(CC)c1-c1ccccc1. The minimum atomic E-state index is -0.402. The van der Waals surface area contributed by atoms with Crippen molar-refractivity contribution in [2.24, 2.45) is 0 Å². The van der Waals surface area contributed by atoms with Crippen molar-refractivity contribution >= 4 is 28.2 Å². The Morgan fingerprint density at radius 2 is 1.86 bits per heavy atom. The number of hydrogen-bond donors (Lipinski definition) is 1. The van der Waals surface area contributed by atoms with Gasteiger partial charge >= 0.3 is 5.97 Å². The minimum Gasteiger partial charge on any atom is -0.462 e. The molecule has 22 heavy (non-hydrogen) atoms. The first-order valence-electron chi connectivity index (χ1n) is 7.24. The fourth-order valence-corrected chi connectivity index (χ4v) is 3.48. The molecule has 5 heteroatoms. The molecule has 1 aromatic carbocycles. The van der Waals surface area contributed by atoms with Crippen LogP contribution in [0.4, 0.5) is 5.00 Å². The summed E-state index contributed by atoms with van der Waals surface area (Å²) in [5.41, 5.74) is 2.26. The number of carbonyl (C=O) groups excluding carboxylic acids is 2. The Bertz CT molecular complexity index is 677. The molecular weight excluding hydrogens is 298 g/mol. The summed E-state index contributed by atoms with van der Waals surface area (Å²) in [5, 5.41) is 3.31. The molecule has 1 amide bonds. The molecule has 0 radical (unpaired) electrons. The quantitative estimate of drug-likeness (QED) is 0.844. The van der Waals surface area contributed by atoms with Crippen molar-refractivity contribution in [2.75, 3.05) is 11.9 Å². The predicted molar refractivity (Wildman–Crippen MR) is 89.4 cm³/mol. The minimum absolute atomic E-state index is 0.200. The third-order valence-corrected chi connectivity index (χ3v) is 4.38. The Balaban J connectivity index is 2.65. The molecule has 0 unspecified atom stereocenters. The average Bonchev–Trinajstić information content (AvgIpc) is 2.86. The molecule has 2 rings (SSSR count). The lowest BCUT2D eigenvalue weighted by Crippen LogP contribution is -2.11. The fourth-order valence-electron chi connectivity index (χ4n) is 2.28. The zero-order valence-corrected chi connectivity index (χ0v) is 13.8. The van der Waals surface area contributed by atoms with Gasteiger partial charge in [-0.25, -0.2) is 4.79 Å². The molecule has 0 saturated carbocycles. The second-order valence-corrected chi connectivity index (χ2v) is 5.83. The summed E-state index contributed by atoms with van der Waals surface area (Å²) < 4.78 is 5.19. The number of ether oxygens (including phenoxy) is 1. The third kappa shape index (κ3) is 3.36.